The maximum atomic E-state index is 12.6. The average Bonchev–Trinajstić information content (AvgIpc) is 3.10. The number of nitrogens with zero attached hydrogens (tertiary/aromatic N) is 1. The van der Waals surface area contributed by atoms with E-state index in [1.54, 1.807) is 0 Å². The Labute approximate surface area is 154 Å². The van der Waals surface area contributed by atoms with Crippen LogP contribution in [-0.2, 0) is 24.2 Å². The van der Waals surface area contributed by atoms with Gasteiger partial charge in [-0.2, -0.15) is 0 Å². The van der Waals surface area contributed by atoms with Crippen LogP contribution in [-0.4, -0.2) is 24.8 Å². The summed E-state index contributed by atoms with van der Waals surface area (Å²) in [4.78, 5) is 26.5. The standard InChI is InChI=1S/C22H24N2O2/c25-20(7-4-11-23-15-16-5-2-1-3-6-16)19-13-17-8-9-21(26)24-12-10-18(14-19)22(17)24/h1-3,5-6,13-14,23H,4,7-12,15H2. The monoisotopic (exact) mass is 348 g/mol. The summed E-state index contributed by atoms with van der Waals surface area (Å²) in [6, 6.07) is 14.3. The molecule has 4 heteroatoms. The zero-order chi connectivity index (χ0) is 17.9. The van der Waals surface area contributed by atoms with Crippen LogP contribution in [0.15, 0.2) is 42.5 Å². The molecule has 0 aliphatic carbocycles. The fourth-order valence-corrected chi connectivity index (χ4v) is 3.97. The summed E-state index contributed by atoms with van der Waals surface area (Å²) < 4.78 is 0. The van der Waals surface area contributed by atoms with Gasteiger partial charge in [-0.05, 0) is 54.6 Å². The normalized spacial score (nSPS) is 15.2. The van der Waals surface area contributed by atoms with Crippen molar-refractivity contribution in [3.8, 4) is 0 Å². The average molecular weight is 348 g/mol. The minimum absolute atomic E-state index is 0.209. The summed E-state index contributed by atoms with van der Waals surface area (Å²) in [7, 11) is 0. The molecule has 0 saturated heterocycles. The number of nitrogens with one attached hydrogen (secondary N) is 1. The molecule has 1 amide bonds. The zero-order valence-corrected chi connectivity index (χ0v) is 15.0. The number of aryl methyl sites for hydroxylation is 1. The number of amides is 1. The summed E-state index contributed by atoms with van der Waals surface area (Å²) in [5, 5.41) is 3.40. The molecule has 2 aromatic carbocycles. The van der Waals surface area contributed by atoms with Gasteiger partial charge in [0.15, 0.2) is 5.78 Å². The molecule has 4 rings (SSSR count). The molecule has 0 bridgehead atoms. The molecule has 4 nitrogen and oxygen atoms in total. The SMILES string of the molecule is O=C(CCCNCc1ccccc1)c1cc2c3c(c1)CCN3C(=O)CC2. The van der Waals surface area contributed by atoms with E-state index >= 15 is 0 Å². The third kappa shape index (κ3) is 3.42. The molecular formula is C22H24N2O2. The van der Waals surface area contributed by atoms with Crippen LogP contribution in [0.1, 0.15) is 46.3 Å². The topological polar surface area (TPSA) is 49.4 Å². The molecule has 2 aliphatic heterocycles. The Morgan fingerprint density at radius 3 is 2.62 bits per heavy atom. The molecule has 2 heterocycles. The van der Waals surface area contributed by atoms with E-state index in [0.717, 1.165) is 50.1 Å². The van der Waals surface area contributed by atoms with Crippen LogP contribution in [0, 0.1) is 0 Å². The van der Waals surface area contributed by atoms with Gasteiger partial charge in [-0.1, -0.05) is 30.3 Å². The predicted octanol–water partition coefficient (Wildman–Crippen LogP) is 3.27. The maximum Gasteiger partial charge on any atom is 0.227 e. The number of anilines is 1. The van der Waals surface area contributed by atoms with E-state index in [-0.39, 0.29) is 11.7 Å². The highest BCUT2D eigenvalue weighted by atomic mass is 16.2. The third-order valence-electron chi connectivity index (χ3n) is 5.30. The fraction of sp³-hybridized carbons (Fsp3) is 0.364. The quantitative estimate of drug-likeness (QED) is 0.617. The van der Waals surface area contributed by atoms with Crippen LogP contribution in [0.5, 0.6) is 0 Å². The van der Waals surface area contributed by atoms with Crippen molar-refractivity contribution in [2.24, 2.45) is 0 Å². The van der Waals surface area contributed by atoms with Crippen LogP contribution in [0.4, 0.5) is 5.69 Å². The van der Waals surface area contributed by atoms with E-state index in [9.17, 15) is 9.59 Å². The van der Waals surface area contributed by atoms with Gasteiger partial charge in [-0.3, -0.25) is 9.59 Å². The van der Waals surface area contributed by atoms with Gasteiger partial charge >= 0.3 is 0 Å². The molecule has 0 atom stereocenters. The molecule has 2 aromatic rings. The molecule has 0 aromatic heterocycles. The van der Waals surface area contributed by atoms with Gasteiger partial charge < -0.3 is 10.2 Å². The maximum absolute atomic E-state index is 12.6. The number of carbonyl (C=O) groups excluding carboxylic acids is 2. The van der Waals surface area contributed by atoms with Gasteiger partial charge in [0.2, 0.25) is 5.91 Å². The Morgan fingerprint density at radius 2 is 1.81 bits per heavy atom. The number of hydrogen-bond donors (Lipinski definition) is 1. The fourth-order valence-electron chi connectivity index (χ4n) is 3.97. The molecule has 134 valence electrons. The second-order valence-corrected chi connectivity index (χ2v) is 7.13. The van der Waals surface area contributed by atoms with E-state index < -0.39 is 0 Å². The van der Waals surface area contributed by atoms with Crippen LogP contribution in [0.2, 0.25) is 0 Å². The minimum atomic E-state index is 0.209. The van der Waals surface area contributed by atoms with Crippen molar-refractivity contribution in [1.82, 2.24) is 5.32 Å². The van der Waals surface area contributed by atoms with Gasteiger partial charge in [-0.25, -0.2) is 0 Å². The Bertz CT molecular complexity index is 830. The lowest BCUT2D eigenvalue weighted by molar-refractivity contribution is -0.118. The number of ketones is 1. The van der Waals surface area contributed by atoms with E-state index in [4.69, 9.17) is 0 Å². The van der Waals surface area contributed by atoms with E-state index in [2.05, 4.69) is 17.4 Å². The minimum Gasteiger partial charge on any atom is -0.313 e. The van der Waals surface area contributed by atoms with Crippen LogP contribution < -0.4 is 10.2 Å². The van der Waals surface area contributed by atoms with Gasteiger partial charge in [0.25, 0.3) is 0 Å². The highest BCUT2D eigenvalue weighted by molar-refractivity contribution is 6.02. The lowest BCUT2D eigenvalue weighted by Gasteiger charge is -2.25. The number of benzene rings is 2. The Balaban J connectivity index is 1.32. The van der Waals surface area contributed by atoms with Gasteiger partial charge in [0, 0.05) is 31.5 Å². The first-order valence-electron chi connectivity index (χ1n) is 9.46. The van der Waals surface area contributed by atoms with Crippen LogP contribution in [0.3, 0.4) is 0 Å². The highest BCUT2D eigenvalue weighted by Crippen LogP contribution is 2.37. The summed E-state index contributed by atoms with van der Waals surface area (Å²) in [5.74, 6) is 0.431. The molecule has 0 fully saturated rings. The van der Waals surface area contributed by atoms with E-state index in [1.807, 2.05) is 35.2 Å². The summed E-state index contributed by atoms with van der Waals surface area (Å²) >= 11 is 0. The van der Waals surface area contributed by atoms with E-state index in [1.165, 1.54) is 16.7 Å². The van der Waals surface area contributed by atoms with Gasteiger partial charge in [0.1, 0.15) is 0 Å². The highest BCUT2D eigenvalue weighted by Gasteiger charge is 2.31. The van der Waals surface area contributed by atoms with Crippen LogP contribution >= 0.6 is 0 Å². The second-order valence-electron chi connectivity index (χ2n) is 7.13. The Kier molecular flexibility index (Phi) is 4.85. The van der Waals surface area contributed by atoms with Crippen molar-refractivity contribution in [3.05, 3.63) is 64.7 Å². The van der Waals surface area contributed by atoms with Crippen molar-refractivity contribution in [2.45, 2.75) is 38.6 Å². The molecule has 1 N–H and O–H groups in total. The Morgan fingerprint density at radius 1 is 1.04 bits per heavy atom. The van der Waals surface area contributed by atoms with Crippen molar-refractivity contribution < 1.29 is 9.59 Å². The molecule has 0 spiro atoms. The lowest BCUT2D eigenvalue weighted by Crippen LogP contribution is -2.32. The molecule has 2 aliphatic rings. The smallest absolute Gasteiger partial charge is 0.227 e. The predicted molar refractivity (Wildman–Crippen MR) is 103 cm³/mol. The summed E-state index contributed by atoms with van der Waals surface area (Å²) in [6.07, 6.45) is 3.59. The van der Waals surface area contributed by atoms with Crippen molar-refractivity contribution in [1.29, 1.82) is 0 Å². The van der Waals surface area contributed by atoms with Crippen molar-refractivity contribution >= 4 is 17.4 Å². The first-order chi connectivity index (χ1) is 12.7. The van der Waals surface area contributed by atoms with Gasteiger partial charge in [-0.15, -0.1) is 0 Å². The first kappa shape index (κ1) is 17.0. The van der Waals surface area contributed by atoms with Crippen LogP contribution in [0.25, 0.3) is 0 Å². The second kappa shape index (κ2) is 7.42. The first-order valence-corrected chi connectivity index (χ1v) is 9.46. The van der Waals surface area contributed by atoms with Crippen molar-refractivity contribution in [3.63, 3.8) is 0 Å². The number of hydrogen-bond acceptors (Lipinski definition) is 3. The third-order valence-corrected chi connectivity index (χ3v) is 5.30. The van der Waals surface area contributed by atoms with Gasteiger partial charge in [0.05, 0.1) is 5.69 Å². The number of Topliss-reactive ketones (excluding diaryl/α,β-unsaturated/α-hetero) is 1. The number of rotatable bonds is 7. The molecule has 26 heavy (non-hydrogen) atoms. The molecule has 0 saturated carbocycles. The summed E-state index contributed by atoms with van der Waals surface area (Å²) in [6.45, 7) is 2.44. The Hall–Kier alpha value is -2.46. The zero-order valence-electron chi connectivity index (χ0n) is 15.0. The summed E-state index contributed by atoms with van der Waals surface area (Å²) in [5.41, 5.74) is 5.50. The van der Waals surface area contributed by atoms with E-state index in [0.29, 0.717) is 12.8 Å². The number of carbonyl (C=O) groups is 2. The molecular weight excluding hydrogens is 324 g/mol. The largest absolute Gasteiger partial charge is 0.313 e. The van der Waals surface area contributed by atoms with Crippen molar-refractivity contribution in [2.75, 3.05) is 18.0 Å². The molecule has 0 unspecified atom stereocenters. The lowest BCUT2D eigenvalue weighted by atomic mass is 9.94. The molecule has 0 radical (unpaired) electrons.